The summed E-state index contributed by atoms with van der Waals surface area (Å²) in [6.07, 6.45) is 5.88. The zero-order valence-corrected chi connectivity index (χ0v) is 15.2. The lowest BCUT2D eigenvalue weighted by Gasteiger charge is -2.19. The number of hydrogen-bond acceptors (Lipinski definition) is 2. The van der Waals surface area contributed by atoms with E-state index in [9.17, 15) is 0 Å². The largest absolute Gasteiger partial charge is 0.310 e. The van der Waals surface area contributed by atoms with E-state index < -0.39 is 0 Å². The van der Waals surface area contributed by atoms with Crippen LogP contribution in [0.25, 0.3) is 0 Å². The first kappa shape index (κ1) is 15.9. The van der Waals surface area contributed by atoms with Crippen molar-refractivity contribution < 1.29 is 0 Å². The summed E-state index contributed by atoms with van der Waals surface area (Å²) in [5, 5.41) is 3.61. The van der Waals surface area contributed by atoms with Crippen LogP contribution in [0.4, 0.5) is 0 Å². The Kier molecular flexibility index (Phi) is 6.45. The molecule has 0 bridgehead atoms. The summed E-state index contributed by atoms with van der Waals surface area (Å²) < 4.78 is 2.30. The third kappa shape index (κ3) is 4.82. The molecule has 0 aliphatic rings. The molecule has 0 fully saturated rings. The lowest BCUT2D eigenvalue weighted by atomic mass is 10.00. The van der Waals surface area contributed by atoms with E-state index in [1.54, 1.807) is 0 Å². The molecule has 0 saturated carbocycles. The van der Waals surface area contributed by atoms with Crippen molar-refractivity contribution in [2.24, 2.45) is 0 Å². The summed E-state index contributed by atoms with van der Waals surface area (Å²) in [7, 11) is 0. The average Bonchev–Trinajstić information content (AvgIpc) is 2.45. The van der Waals surface area contributed by atoms with Crippen molar-refractivity contribution in [2.75, 3.05) is 6.54 Å². The van der Waals surface area contributed by atoms with Crippen molar-refractivity contribution in [3.05, 3.63) is 61.9 Å². The fourth-order valence-corrected chi connectivity index (χ4v) is 2.84. The first-order chi connectivity index (χ1) is 9.69. The van der Waals surface area contributed by atoms with E-state index in [2.05, 4.69) is 86.1 Å². The van der Waals surface area contributed by atoms with Crippen LogP contribution >= 0.6 is 38.5 Å². The Bertz CT molecular complexity index is 542. The molecule has 0 aliphatic heterocycles. The maximum atomic E-state index is 4.28. The molecule has 1 aromatic heterocycles. The summed E-state index contributed by atoms with van der Waals surface area (Å²) in [6, 6.07) is 11.2. The molecule has 20 heavy (non-hydrogen) atoms. The van der Waals surface area contributed by atoms with Crippen molar-refractivity contribution in [1.82, 2.24) is 10.3 Å². The Balaban J connectivity index is 2.16. The van der Waals surface area contributed by atoms with Gasteiger partial charge in [0.05, 0.1) is 0 Å². The second-order valence-electron chi connectivity index (χ2n) is 4.77. The highest BCUT2D eigenvalue weighted by Gasteiger charge is 2.12. The molecule has 2 nitrogen and oxygen atoms in total. The topological polar surface area (TPSA) is 24.9 Å². The fourth-order valence-electron chi connectivity index (χ4n) is 2.10. The normalized spacial score (nSPS) is 12.3. The highest BCUT2D eigenvalue weighted by molar-refractivity contribution is 14.1. The fraction of sp³-hybridized carbons (Fsp3) is 0.312. The molecule has 1 unspecified atom stereocenters. The van der Waals surface area contributed by atoms with Gasteiger partial charge in [-0.15, -0.1) is 0 Å². The first-order valence-electron chi connectivity index (χ1n) is 6.77. The number of benzene rings is 1. The minimum absolute atomic E-state index is 0.306. The van der Waals surface area contributed by atoms with Crippen molar-refractivity contribution in [2.45, 2.75) is 25.8 Å². The van der Waals surface area contributed by atoms with Crippen LogP contribution in [-0.2, 0) is 6.42 Å². The lowest BCUT2D eigenvalue weighted by Crippen LogP contribution is -2.24. The van der Waals surface area contributed by atoms with Crippen molar-refractivity contribution in [3.63, 3.8) is 0 Å². The van der Waals surface area contributed by atoms with E-state index in [-0.39, 0.29) is 0 Å². The third-order valence-corrected chi connectivity index (χ3v) is 4.28. The molecule has 0 spiro atoms. The van der Waals surface area contributed by atoms with E-state index in [0.717, 1.165) is 23.9 Å². The maximum Gasteiger partial charge on any atom is 0.0410 e. The van der Waals surface area contributed by atoms with Crippen LogP contribution in [0.3, 0.4) is 0 Å². The zero-order valence-electron chi connectivity index (χ0n) is 11.4. The number of pyridine rings is 1. The predicted octanol–water partition coefficient (Wildman–Crippen LogP) is 4.73. The lowest BCUT2D eigenvalue weighted by molar-refractivity contribution is 0.527. The van der Waals surface area contributed by atoms with Crippen LogP contribution in [0.5, 0.6) is 0 Å². The number of halogens is 2. The average molecular weight is 445 g/mol. The molecular formula is C16H18BrIN2. The summed E-state index contributed by atoms with van der Waals surface area (Å²) in [5.41, 5.74) is 2.57. The number of aromatic nitrogens is 1. The van der Waals surface area contributed by atoms with Crippen LogP contribution in [0, 0.1) is 3.57 Å². The van der Waals surface area contributed by atoms with E-state index in [0.29, 0.717) is 6.04 Å². The highest BCUT2D eigenvalue weighted by atomic mass is 127. The number of rotatable bonds is 6. The monoisotopic (exact) mass is 444 g/mol. The number of hydrogen-bond donors (Lipinski definition) is 1. The Labute approximate surface area is 142 Å². The highest BCUT2D eigenvalue weighted by Crippen LogP contribution is 2.21. The van der Waals surface area contributed by atoms with E-state index in [4.69, 9.17) is 0 Å². The molecular weight excluding hydrogens is 427 g/mol. The molecule has 1 heterocycles. The number of nitrogens with zero attached hydrogens (tertiary/aromatic N) is 1. The Hall–Kier alpha value is -0.460. The van der Waals surface area contributed by atoms with E-state index in [1.165, 1.54) is 14.7 Å². The standard InChI is InChI=1S/C16H18BrIN2/c1-2-7-20-16(13-9-14(17)11-19-10-13)8-12-3-5-15(18)6-4-12/h3-6,9-11,16,20H,2,7-8H2,1H3. The minimum Gasteiger partial charge on any atom is -0.310 e. The van der Waals surface area contributed by atoms with E-state index >= 15 is 0 Å². The summed E-state index contributed by atoms with van der Waals surface area (Å²) >= 11 is 5.84. The molecule has 4 heteroatoms. The quantitative estimate of drug-likeness (QED) is 0.651. The van der Waals surface area contributed by atoms with Crippen LogP contribution < -0.4 is 5.32 Å². The SMILES string of the molecule is CCCNC(Cc1ccc(I)cc1)c1cncc(Br)c1. The molecule has 2 aromatic rings. The van der Waals surface area contributed by atoms with Gasteiger partial charge in [-0.3, -0.25) is 4.98 Å². The van der Waals surface area contributed by atoms with Gasteiger partial charge in [-0.2, -0.15) is 0 Å². The second-order valence-corrected chi connectivity index (χ2v) is 6.94. The van der Waals surface area contributed by atoms with Crippen LogP contribution in [0.2, 0.25) is 0 Å². The molecule has 0 radical (unpaired) electrons. The van der Waals surface area contributed by atoms with Gasteiger partial charge in [0, 0.05) is 26.5 Å². The molecule has 1 aromatic carbocycles. The summed E-state index contributed by atoms with van der Waals surface area (Å²) in [5.74, 6) is 0. The third-order valence-electron chi connectivity index (χ3n) is 3.12. The van der Waals surface area contributed by atoms with Crippen molar-refractivity contribution >= 4 is 38.5 Å². The van der Waals surface area contributed by atoms with Crippen LogP contribution in [0.1, 0.15) is 30.5 Å². The molecule has 2 rings (SSSR count). The zero-order chi connectivity index (χ0) is 14.4. The molecule has 106 valence electrons. The van der Waals surface area contributed by atoms with Gasteiger partial charge in [0.1, 0.15) is 0 Å². The Morgan fingerprint density at radius 3 is 2.65 bits per heavy atom. The van der Waals surface area contributed by atoms with Crippen molar-refractivity contribution in [1.29, 1.82) is 0 Å². The molecule has 0 amide bonds. The molecule has 0 saturated heterocycles. The van der Waals surface area contributed by atoms with Gasteiger partial charge in [0.15, 0.2) is 0 Å². The van der Waals surface area contributed by atoms with Gasteiger partial charge in [0.2, 0.25) is 0 Å². The van der Waals surface area contributed by atoms with Gasteiger partial charge in [-0.05, 0) is 87.2 Å². The molecule has 1 atom stereocenters. The van der Waals surface area contributed by atoms with Gasteiger partial charge in [-0.25, -0.2) is 0 Å². The van der Waals surface area contributed by atoms with Gasteiger partial charge < -0.3 is 5.32 Å². The molecule has 0 aliphatic carbocycles. The molecule has 1 N–H and O–H groups in total. The van der Waals surface area contributed by atoms with E-state index in [1.807, 2.05) is 12.4 Å². The number of nitrogens with one attached hydrogen (secondary N) is 1. The smallest absolute Gasteiger partial charge is 0.0410 e. The second kappa shape index (κ2) is 8.10. The van der Waals surface area contributed by atoms with Crippen LogP contribution in [-0.4, -0.2) is 11.5 Å². The van der Waals surface area contributed by atoms with Gasteiger partial charge in [0.25, 0.3) is 0 Å². The summed E-state index contributed by atoms with van der Waals surface area (Å²) in [4.78, 5) is 4.28. The summed E-state index contributed by atoms with van der Waals surface area (Å²) in [6.45, 7) is 3.20. The first-order valence-corrected chi connectivity index (χ1v) is 8.64. The van der Waals surface area contributed by atoms with Gasteiger partial charge >= 0.3 is 0 Å². The van der Waals surface area contributed by atoms with Gasteiger partial charge in [-0.1, -0.05) is 19.1 Å². The Morgan fingerprint density at radius 2 is 2.00 bits per heavy atom. The maximum absolute atomic E-state index is 4.28. The van der Waals surface area contributed by atoms with Crippen molar-refractivity contribution in [3.8, 4) is 0 Å². The minimum atomic E-state index is 0.306. The Morgan fingerprint density at radius 1 is 1.25 bits per heavy atom. The van der Waals surface area contributed by atoms with Crippen LogP contribution in [0.15, 0.2) is 47.2 Å². The predicted molar refractivity (Wildman–Crippen MR) is 95.8 cm³/mol.